The predicted octanol–water partition coefficient (Wildman–Crippen LogP) is 4.23. The third-order valence-electron chi connectivity index (χ3n) is 4.01. The van der Waals surface area contributed by atoms with Crippen LogP contribution < -0.4 is 0 Å². The lowest BCUT2D eigenvalue weighted by Gasteiger charge is -2.33. The van der Waals surface area contributed by atoms with Gasteiger partial charge in [0.25, 0.3) is 0 Å². The zero-order valence-electron chi connectivity index (χ0n) is 12.0. The van der Waals surface area contributed by atoms with E-state index in [9.17, 15) is 0 Å². The Morgan fingerprint density at radius 1 is 1.22 bits per heavy atom. The van der Waals surface area contributed by atoms with Gasteiger partial charge in [0, 0.05) is 6.54 Å². The number of benzene rings is 1. The normalized spacial score (nSPS) is 21.1. The lowest BCUT2D eigenvalue weighted by Crippen LogP contribution is -2.34. The summed E-state index contributed by atoms with van der Waals surface area (Å²) in [5.74, 6) is 0.766. The molecule has 0 amide bonds. The van der Waals surface area contributed by atoms with Crippen LogP contribution in [0.4, 0.5) is 0 Å². The van der Waals surface area contributed by atoms with Gasteiger partial charge in [-0.05, 0) is 55.8 Å². The van der Waals surface area contributed by atoms with Gasteiger partial charge >= 0.3 is 0 Å². The highest BCUT2D eigenvalue weighted by atomic mass is 15.1. The van der Waals surface area contributed by atoms with Gasteiger partial charge < -0.3 is 4.90 Å². The van der Waals surface area contributed by atoms with Gasteiger partial charge in [-0.3, -0.25) is 0 Å². The molecule has 1 fully saturated rings. The van der Waals surface area contributed by atoms with Gasteiger partial charge in [0.2, 0.25) is 0 Å². The zero-order chi connectivity index (χ0) is 12.8. The molecular formula is C17H27N. The average Bonchev–Trinajstić information content (AvgIpc) is 2.40. The first kappa shape index (κ1) is 13.6. The summed E-state index contributed by atoms with van der Waals surface area (Å²) in [5, 5.41) is 0. The van der Waals surface area contributed by atoms with Crippen LogP contribution in [0.15, 0.2) is 24.3 Å². The Kier molecular flexibility index (Phi) is 5.25. The fourth-order valence-electron chi connectivity index (χ4n) is 3.14. The summed E-state index contributed by atoms with van der Waals surface area (Å²) in [6, 6.07) is 9.31. The Morgan fingerprint density at radius 3 is 2.89 bits per heavy atom. The molecule has 0 aliphatic carbocycles. The number of piperidine rings is 1. The van der Waals surface area contributed by atoms with Crippen LogP contribution in [-0.2, 0) is 6.42 Å². The summed E-state index contributed by atoms with van der Waals surface area (Å²) in [6.07, 6.45) is 6.48. The quantitative estimate of drug-likeness (QED) is 0.750. The molecule has 0 aromatic heterocycles. The van der Waals surface area contributed by atoms with Crippen LogP contribution in [0, 0.1) is 0 Å². The maximum Gasteiger partial charge on any atom is 0.00503 e. The lowest BCUT2D eigenvalue weighted by molar-refractivity contribution is 0.208. The molecule has 1 aliphatic rings. The minimum Gasteiger partial charge on any atom is -0.303 e. The van der Waals surface area contributed by atoms with E-state index < -0.39 is 0 Å². The number of hydrogen-bond acceptors (Lipinski definition) is 1. The van der Waals surface area contributed by atoms with Crippen molar-refractivity contribution >= 4 is 0 Å². The summed E-state index contributed by atoms with van der Waals surface area (Å²) in [5.41, 5.74) is 3.09. The van der Waals surface area contributed by atoms with E-state index in [0.717, 1.165) is 5.92 Å². The van der Waals surface area contributed by atoms with Crippen molar-refractivity contribution in [3.05, 3.63) is 35.4 Å². The molecule has 1 heterocycles. The highest BCUT2D eigenvalue weighted by molar-refractivity contribution is 5.27. The van der Waals surface area contributed by atoms with Crippen molar-refractivity contribution in [3.8, 4) is 0 Å². The third-order valence-corrected chi connectivity index (χ3v) is 4.01. The molecule has 1 heteroatoms. The zero-order valence-corrected chi connectivity index (χ0v) is 12.0. The largest absolute Gasteiger partial charge is 0.303 e. The van der Waals surface area contributed by atoms with Crippen molar-refractivity contribution in [2.24, 2.45) is 0 Å². The molecule has 1 nitrogen and oxygen atoms in total. The summed E-state index contributed by atoms with van der Waals surface area (Å²) in [7, 11) is 0. The molecule has 100 valence electrons. The Morgan fingerprint density at radius 2 is 2.11 bits per heavy atom. The van der Waals surface area contributed by atoms with Gasteiger partial charge in [0.1, 0.15) is 0 Å². The van der Waals surface area contributed by atoms with E-state index in [1.807, 2.05) is 0 Å². The highest BCUT2D eigenvalue weighted by Gasteiger charge is 2.20. The van der Waals surface area contributed by atoms with Gasteiger partial charge in [-0.15, -0.1) is 0 Å². The van der Waals surface area contributed by atoms with Crippen molar-refractivity contribution in [1.82, 2.24) is 4.90 Å². The molecule has 0 N–H and O–H groups in total. The second-order valence-electron chi connectivity index (χ2n) is 5.63. The number of likely N-dealkylation sites (tertiary alicyclic amines) is 1. The highest BCUT2D eigenvalue weighted by Crippen LogP contribution is 2.27. The van der Waals surface area contributed by atoms with Gasteiger partial charge in [0.05, 0.1) is 0 Å². The van der Waals surface area contributed by atoms with Crippen molar-refractivity contribution in [2.45, 2.75) is 51.9 Å². The lowest BCUT2D eigenvalue weighted by atomic mass is 9.89. The number of hydrogen-bond donors (Lipinski definition) is 0. The molecule has 0 saturated carbocycles. The molecule has 0 bridgehead atoms. The molecule has 18 heavy (non-hydrogen) atoms. The van der Waals surface area contributed by atoms with E-state index in [0.29, 0.717) is 0 Å². The predicted molar refractivity (Wildman–Crippen MR) is 79.1 cm³/mol. The molecule has 1 aliphatic heterocycles. The summed E-state index contributed by atoms with van der Waals surface area (Å²) >= 11 is 0. The minimum atomic E-state index is 0.766. The van der Waals surface area contributed by atoms with Crippen LogP contribution in [0.1, 0.15) is 56.6 Å². The summed E-state index contributed by atoms with van der Waals surface area (Å²) in [6.45, 7) is 8.38. The van der Waals surface area contributed by atoms with Crippen molar-refractivity contribution in [3.63, 3.8) is 0 Å². The van der Waals surface area contributed by atoms with Crippen molar-refractivity contribution in [2.75, 3.05) is 19.6 Å². The van der Waals surface area contributed by atoms with E-state index in [1.54, 1.807) is 5.56 Å². The van der Waals surface area contributed by atoms with Crippen LogP contribution in [-0.4, -0.2) is 24.5 Å². The maximum absolute atomic E-state index is 2.64. The molecule has 0 radical (unpaired) electrons. The van der Waals surface area contributed by atoms with E-state index in [4.69, 9.17) is 0 Å². The number of rotatable bonds is 5. The fourth-order valence-corrected chi connectivity index (χ4v) is 3.14. The monoisotopic (exact) mass is 245 g/mol. The van der Waals surface area contributed by atoms with Gasteiger partial charge in [-0.1, -0.05) is 44.5 Å². The average molecular weight is 245 g/mol. The van der Waals surface area contributed by atoms with Crippen LogP contribution in [0.25, 0.3) is 0 Å². The third kappa shape index (κ3) is 3.58. The fraction of sp³-hybridized carbons (Fsp3) is 0.647. The van der Waals surface area contributed by atoms with Crippen molar-refractivity contribution in [1.29, 1.82) is 0 Å². The van der Waals surface area contributed by atoms with E-state index in [1.165, 1.54) is 57.3 Å². The van der Waals surface area contributed by atoms with E-state index in [-0.39, 0.29) is 0 Å². The Labute approximate surface area is 112 Å². The molecule has 0 spiro atoms. The summed E-state index contributed by atoms with van der Waals surface area (Å²) < 4.78 is 0. The van der Waals surface area contributed by atoms with Gasteiger partial charge in [0.15, 0.2) is 0 Å². The molecule has 1 atom stereocenters. The smallest absolute Gasteiger partial charge is 0.00503 e. The number of aryl methyl sites for hydroxylation is 1. The molecule has 1 saturated heterocycles. The van der Waals surface area contributed by atoms with Crippen LogP contribution in [0.2, 0.25) is 0 Å². The Balaban J connectivity index is 2.03. The first-order valence-corrected chi connectivity index (χ1v) is 7.64. The second-order valence-corrected chi connectivity index (χ2v) is 5.63. The molecule has 1 aromatic rings. The Bertz CT molecular complexity index is 356. The topological polar surface area (TPSA) is 3.24 Å². The van der Waals surface area contributed by atoms with Crippen LogP contribution in [0.3, 0.4) is 0 Å². The molecular weight excluding hydrogens is 218 g/mol. The standard InChI is InChI=1S/C17H27N/c1-3-7-15-8-5-9-16(13-15)17-10-6-12-18(14-17)11-4-2/h5,8-9,13,17H,3-4,6-7,10-12,14H2,1-2H3/t17-/m0/s1. The molecule has 1 aromatic carbocycles. The van der Waals surface area contributed by atoms with E-state index >= 15 is 0 Å². The number of nitrogens with zero attached hydrogens (tertiary/aromatic N) is 1. The first-order valence-electron chi connectivity index (χ1n) is 7.64. The van der Waals surface area contributed by atoms with Crippen LogP contribution >= 0.6 is 0 Å². The van der Waals surface area contributed by atoms with Gasteiger partial charge in [-0.25, -0.2) is 0 Å². The van der Waals surface area contributed by atoms with Crippen LogP contribution in [0.5, 0.6) is 0 Å². The van der Waals surface area contributed by atoms with Gasteiger partial charge in [-0.2, -0.15) is 0 Å². The second kappa shape index (κ2) is 6.94. The molecule has 2 rings (SSSR count). The SMILES string of the molecule is CCCc1cccc([C@H]2CCCN(CCC)C2)c1. The molecule has 0 unspecified atom stereocenters. The maximum atomic E-state index is 2.64. The first-order chi connectivity index (χ1) is 8.83. The van der Waals surface area contributed by atoms with E-state index in [2.05, 4.69) is 43.0 Å². The van der Waals surface area contributed by atoms with Crippen molar-refractivity contribution < 1.29 is 0 Å². The Hall–Kier alpha value is -0.820. The minimum absolute atomic E-state index is 0.766. The summed E-state index contributed by atoms with van der Waals surface area (Å²) in [4.78, 5) is 2.64.